The van der Waals surface area contributed by atoms with E-state index in [-0.39, 0.29) is 11.4 Å². The molecule has 1 saturated carbocycles. The van der Waals surface area contributed by atoms with Gasteiger partial charge in [-0.3, -0.25) is 0 Å². The number of nitrogens with zero attached hydrogens (tertiary/aromatic N) is 1. The largest absolute Gasteiger partial charge is 0.348 e. The first-order valence-electron chi connectivity index (χ1n) is 6.02. The van der Waals surface area contributed by atoms with Crippen molar-refractivity contribution in [1.82, 2.24) is 4.57 Å². The van der Waals surface area contributed by atoms with Gasteiger partial charge in [0.25, 0.3) is 0 Å². The van der Waals surface area contributed by atoms with Gasteiger partial charge >= 0.3 is 0 Å². The Hall–Kier alpha value is -1.35. The zero-order chi connectivity index (χ0) is 12.2. The lowest BCUT2D eigenvalue weighted by Gasteiger charge is -2.10. The summed E-state index contributed by atoms with van der Waals surface area (Å²) >= 11 is 0. The van der Waals surface area contributed by atoms with Crippen molar-refractivity contribution in [3.63, 3.8) is 0 Å². The van der Waals surface area contributed by atoms with Crippen LogP contribution in [0.5, 0.6) is 0 Å². The first-order valence-corrected chi connectivity index (χ1v) is 6.02. The molecule has 1 aromatic carbocycles. The summed E-state index contributed by atoms with van der Waals surface area (Å²) in [6.45, 7) is 2.03. The molecule has 3 rings (SSSR count). The highest BCUT2D eigenvalue weighted by atomic mass is 19.1. The Morgan fingerprint density at radius 2 is 2.06 bits per heavy atom. The minimum absolute atomic E-state index is 0.125. The van der Waals surface area contributed by atoms with Crippen LogP contribution in [0.3, 0.4) is 0 Å². The second kappa shape index (κ2) is 3.33. The van der Waals surface area contributed by atoms with Crippen molar-refractivity contribution >= 4 is 10.9 Å². The van der Waals surface area contributed by atoms with Crippen LogP contribution in [0.25, 0.3) is 10.9 Å². The quantitative estimate of drug-likeness (QED) is 0.848. The number of aromatic nitrogens is 1. The average molecular weight is 232 g/mol. The molecule has 2 N–H and O–H groups in total. The molecule has 1 aliphatic rings. The third-order valence-corrected chi connectivity index (χ3v) is 3.89. The van der Waals surface area contributed by atoms with E-state index in [1.54, 1.807) is 6.07 Å². The van der Waals surface area contributed by atoms with Crippen LogP contribution < -0.4 is 5.73 Å². The molecular formula is C14H17FN2. The van der Waals surface area contributed by atoms with E-state index in [0.717, 1.165) is 35.0 Å². The van der Waals surface area contributed by atoms with Gasteiger partial charge in [-0.25, -0.2) is 4.39 Å². The third-order valence-electron chi connectivity index (χ3n) is 3.89. The zero-order valence-corrected chi connectivity index (χ0v) is 10.3. The van der Waals surface area contributed by atoms with Gasteiger partial charge < -0.3 is 10.3 Å². The van der Waals surface area contributed by atoms with Gasteiger partial charge in [0.05, 0.1) is 0 Å². The van der Waals surface area contributed by atoms with Crippen molar-refractivity contribution in [2.24, 2.45) is 12.8 Å². The van der Waals surface area contributed by atoms with Crippen LogP contribution in [0.4, 0.5) is 4.39 Å². The van der Waals surface area contributed by atoms with Crippen molar-refractivity contribution in [3.8, 4) is 0 Å². The first-order chi connectivity index (χ1) is 7.98. The number of fused-ring (bicyclic) bond motifs is 1. The number of aryl methyl sites for hydroxylation is 2. The lowest BCUT2D eigenvalue weighted by Crippen LogP contribution is -2.25. The minimum Gasteiger partial charge on any atom is -0.348 e. The second-order valence-electron chi connectivity index (χ2n) is 5.39. The Morgan fingerprint density at radius 3 is 2.71 bits per heavy atom. The molecule has 0 spiro atoms. The van der Waals surface area contributed by atoms with E-state index in [4.69, 9.17) is 5.73 Å². The van der Waals surface area contributed by atoms with Crippen LogP contribution in [0, 0.1) is 12.7 Å². The third kappa shape index (κ3) is 1.75. The smallest absolute Gasteiger partial charge is 0.127 e. The first kappa shape index (κ1) is 10.8. The van der Waals surface area contributed by atoms with Crippen molar-refractivity contribution in [2.45, 2.75) is 31.7 Å². The van der Waals surface area contributed by atoms with Gasteiger partial charge in [0.1, 0.15) is 5.82 Å². The van der Waals surface area contributed by atoms with Gasteiger partial charge in [0, 0.05) is 29.2 Å². The summed E-state index contributed by atoms with van der Waals surface area (Å²) in [6, 6.07) is 5.59. The molecule has 0 unspecified atom stereocenters. The molecule has 1 aromatic heterocycles. The van der Waals surface area contributed by atoms with Gasteiger partial charge in [-0.2, -0.15) is 0 Å². The van der Waals surface area contributed by atoms with Gasteiger partial charge in [-0.15, -0.1) is 0 Å². The minimum atomic E-state index is -0.144. The number of nitrogens with two attached hydrogens (primary N) is 1. The fourth-order valence-corrected chi connectivity index (χ4v) is 2.39. The van der Waals surface area contributed by atoms with Gasteiger partial charge in [0.2, 0.25) is 0 Å². The molecule has 1 fully saturated rings. The topological polar surface area (TPSA) is 30.9 Å². The predicted molar refractivity (Wildman–Crippen MR) is 67.5 cm³/mol. The van der Waals surface area contributed by atoms with Gasteiger partial charge in [0.15, 0.2) is 0 Å². The Kier molecular flexibility index (Phi) is 2.11. The standard InChI is InChI=1S/C14H17FN2/c1-9-5-10-6-12(15)11(7-13(10)17(9)2)8-14(16)3-4-14/h5-7H,3-4,8,16H2,1-2H3. The number of halogens is 1. The van der Waals surface area contributed by atoms with Crippen LogP contribution in [0.15, 0.2) is 18.2 Å². The highest BCUT2D eigenvalue weighted by molar-refractivity contribution is 5.82. The van der Waals surface area contributed by atoms with Crippen molar-refractivity contribution in [3.05, 3.63) is 35.3 Å². The maximum Gasteiger partial charge on any atom is 0.127 e. The molecule has 0 aliphatic heterocycles. The van der Waals surface area contributed by atoms with E-state index in [9.17, 15) is 4.39 Å². The molecule has 0 radical (unpaired) electrons. The molecule has 1 heterocycles. The summed E-state index contributed by atoms with van der Waals surface area (Å²) in [5.74, 6) is -0.125. The summed E-state index contributed by atoms with van der Waals surface area (Å²) in [6.07, 6.45) is 2.67. The van der Waals surface area contributed by atoms with Crippen LogP contribution in [-0.4, -0.2) is 10.1 Å². The number of hydrogen-bond acceptors (Lipinski definition) is 1. The molecule has 0 bridgehead atoms. The molecule has 1 aliphatic carbocycles. The van der Waals surface area contributed by atoms with E-state index < -0.39 is 0 Å². The summed E-state index contributed by atoms with van der Waals surface area (Å²) in [5, 5.41) is 0.966. The number of hydrogen-bond donors (Lipinski definition) is 1. The molecule has 3 heteroatoms. The van der Waals surface area contributed by atoms with E-state index in [1.807, 2.05) is 26.1 Å². The lowest BCUT2D eigenvalue weighted by atomic mass is 10.0. The molecule has 0 atom stereocenters. The molecule has 2 nitrogen and oxygen atoms in total. The van der Waals surface area contributed by atoms with Crippen LogP contribution in [0.1, 0.15) is 24.1 Å². The molecule has 2 aromatic rings. The van der Waals surface area contributed by atoms with Gasteiger partial charge in [-0.1, -0.05) is 0 Å². The van der Waals surface area contributed by atoms with E-state index >= 15 is 0 Å². The normalized spacial score (nSPS) is 17.6. The number of benzene rings is 1. The highest BCUT2D eigenvalue weighted by Gasteiger charge is 2.38. The maximum absolute atomic E-state index is 14.0. The Morgan fingerprint density at radius 1 is 1.35 bits per heavy atom. The fourth-order valence-electron chi connectivity index (χ4n) is 2.39. The van der Waals surface area contributed by atoms with Crippen LogP contribution in [-0.2, 0) is 13.5 Å². The lowest BCUT2D eigenvalue weighted by molar-refractivity contribution is 0.584. The second-order valence-corrected chi connectivity index (χ2v) is 5.39. The molecule has 90 valence electrons. The molecular weight excluding hydrogens is 215 g/mol. The summed E-state index contributed by atoms with van der Waals surface area (Å²) in [7, 11) is 2.01. The monoisotopic (exact) mass is 232 g/mol. The molecule has 0 saturated heterocycles. The van der Waals surface area contributed by atoms with E-state index in [2.05, 4.69) is 4.57 Å². The zero-order valence-electron chi connectivity index (χ0n) is 10.3. The Balaban J connectivity index is 2.11. The number of rotatable bonds is 2. The summed E-state index contributed by atoms with van der Waals surface area (Å²) in [4.78, 5) is 0. The van der Waals surface area contributed by atoms with Crippen molar-refractivity contribution < 1.29 is 4.39 Å². The summed E-state index contributed by atoms with van der Waals surface area (Å²) < 4.78 is 16.0. The van der Waals surface area contributed by atoms with Crippen molar-refractivity contribution in [1.29, 1.82) is 0 Å². The predicted octanol–water partition coefficient (Wildman–Crippen LogP) is 2.66. The maximum atomic E-state index is 14.0. The molecule has 0 amide bonds. The van der Waals surface area contributed by atoms with E-state index in [0.29, 0.717) is 6.42 Å². The van der Waals surface area contributed by atoms with Gasteiger partial charge in [-0.05, 0) is 49.9 Å². The summed E-state index contributed by atoms with van der Waals surface area (Å²) in [5.41, 5.74) is 8.90. The Bertz CT molecular complexity index is 594. The SMILES string of the molecule is Cc1cc2cc(F)c(CC3(N)CC3)cc2n1C. The Labute approximate surface area is 100 Å². The molecule has 17 heavy (non-hydrogen) atoms. The fraction of sp³-hybridized carbons (Fsp3) is 0.429. The van der Waals surface area contributed by atoms with E-state index in [1.165, 1.54) is 0 Å². The van der Waals surface area contributed by atoms with Crippen LogP contribution >= 0.6 is 0 Å². The van der Waals surface area contributed by atoms with Crippen LogP contribution in [0.2, 0.25) is 0 Å². The van der Waals surface area contributed by atoms with Crippen molar-refractivity contribution in [2.75, 3.05) is 0 Å². The highest BCUT2D eigenvalue weighted by Crippen LogP contribution is 2.37. The average Bonchev–Trinajstić information content (AvgIpc) is 2.92.